The van der Waals surface area contributed by atoms with E-state index in [4.69, 9.17) is 5.26 Å². The maximum atomic E-state index is 8.07. The van der Waals surface area contributed by atoms with Gasteiger partial charge in [-0.25, -0.2) is 0 Å². The van der Waals surface area contributed by atoms with E-state index in [-0.39, 0.29) is 0 Å². The van der Waals surface area contributed by atoms with Gasteiger partial charge < -0.3 is 0 Å². The van der Waals surface area contributed by atoms with E-state index < -0.39 is 7.55 Å². The number of hydrogen-bond acceptors (Lipinski definition) is 1. The molecule has 0 saturated heterocycles. The minimum atomic E-state index is -0.813. The molecular weight excluding hydrogens is 93.0 g/mol. The van der Waals surface area contributed by atoms with Crippen molar-refractivity contribution >= 4 is 13.8 Å². The lowest BCUT2D eigenvalue weighted by molar-refractivity contribution is 1.51. The summed E-state index contributed by atoms with van der Waals surface area (Å²) in [6.07, 6.45) is 4.58. The van der Waals surface area contributed by atoms with Crippen LogP contribution in [0.25, 0.3) is 0 Å². The first kappa shape index (κ1) is 5.79. The van der Waals surface area contributed by atoms with Gasteiger partial charge in [-0.3, -0.25) is 0 Å². The Kier molecular flexibility index (Phi) is 2.89. The maximum absolute atomic E-state index is 8.07. The fourth-order valence-electron chi connectivity index (χ4n) is 0.0791. The largest absolute Gasteiger partial charge is 0.194 e. The van der Waals surface area contributed by atoms with Gasteiger partial charge in [-0.1, -0.05) is 13.2 Å². The van der Waals surface area contributed by atoms with Gasteiger partial charge in [0, 0.05) is 0 Å². The molecule has 2 heteroatoms. The first-order valence-electron chi connectivity index (χ1n) is 1.89. The Balaban J connectivity index is 3.33. The van der Waals surface area contributed by atoms with Gasteiger partial charge in [0.15, 0.2) is 0 Å². The molecule has 34 valence electrons. The number of rotatable bonds is 1. The molecular formula is C4H8NP. The van der Waals surface area contributed by atoms with Gasteiger partial charge in [-0.2, -0.15) is 5.26 Å². The first-order valence-corrected chi connectivity index (χ1v) is 3.80. The highest BCUT2D eigenvalue weighted by molar-refractivity contribution is 7.60. The van der Waals surface area contributed by atoms with Crippen LogP contribution in [0.1, 0.15) is 6.92 Å². The Hall–Kier alpha value is -0.210. The van der Waals surface area contributed by atoms with Crippen molar-refractivity contribution in [1.29, 1.82) is 5.26 Å². The standard InChI is InChI=1S/C4H8NP/c1-3-6(2)4-5/h6H,2-3H2,1H3. The fourth-order valence-corrected chi connectivity index (χ4v) is 0.237. The number of hydrogen-bond donors (Lipinski definition) is 0. The third-order valence-electron chi connectivity index (χ3n) is 0.585. The van der Waals surface area contributed by atoms with Crippen LogP contribution in [-0.4, -0.2) is 12.5 Å². The first-order chi connectivity index (χ1) is 2.81. The van der Waals surface area contributed by atoms with Crippen LogP contribution in [0.15, 0.2) is 0 Å². The molecule has 0 bridgehead atoms. The highest BCUT2D eigenvalue weighted by Gasteiger charge is 1.74. The number of nitriles is 1. The lowest BCUT2D eigenvalue weighted by Crippen LogP contribution is -1.56. The average molecular weight is 101 g/mol. The summed E-state index contributed by atoms with van der Waals surface area (Å²) < 4.78 is 0. The van der Waals surface area contributed by atoms with Crippen molar-refractivity contribution in [2.45, 2.75) is 6.92 Å². The van der Waals surface area contributed by atoms with E-state index in [2.05, 4.69) is 12.1 Å². The summed E-state index contributed by atoms with van der Waals surface area (Å²) in [7, 11) is -0.813. The van der Waals surface area contributed by atoms with E-state index in [1.54, 1.807) is 0 Å². The molecule has 0 N–H and O–H groups in total. The number of nitrogens with zero attached hydrogens (tertiary/aromatic N) is 1. The monoisotopic (exact) mass is 101 g/mol. The molecule has 0 radical (unpaired) electrons. The van der Waals surface area contributed by atoms with Crippen LogP contribution >= 0.6 is 7.55 Å². The Labute approximate surface area is 39.0 Å². The van der Waals surface area contributed by atoms with Crippen LogP contribution in [0.4, 0.5) is 0 Å². The van der Waals surface area contributed by atoms with Gasteiger partial charge in [0.05, 0.1) is 5.81 Å². The Bertz CT molecular complexity index is 90.2. The summed E-state index contributed by atoms with van der Waals surface area (Å²) in [5.41, 5.74) is 0. The molecule has 0 spiro atoms. The molecule has 0 fully saturated rings. The molecule has 0 aliphatic rings. The molecule has 0 aliphatic heterocycles. The van der Waals surface area contributed by atoms with Crippen molar-refractivity contribution in [2.75, 3.05) is 6.16 Å². The molecule has 1 atom stereocenters. The second-order valence-electron chi connectivity index (χ2n) is 1.07. The predicted molar refractivity (Wildman–Crippen MR) is 31.6 cm³/mol. The van der Waals surface area contributed by atoms with Gasteiger partial charge >= 0.3 is 0 Å². The van der Waals surface area contributed by atoms with Gasteiger partial charge in [-0.05, 0) is 13.7 Å². The minimum absolute atomic E-state index is 0.813. The van der Waals surface area contributed by atoms with Crippen LogP contribution in [0.3, 0.4) is 0 Å². The maximum Gasteiger partial charge on any atom is 0.0823 e. The van der Waals surface area contributed by atoms with Crippen LogP contribution in [-0.2, 0) is 0 Å². The van der Waals surface area contributed by atoms with Crippen molar-refractivity contribution in [3.63, 3.8) is 0 Å². The molecule has 0 rings (SSSR count). The molecule has 0 saturated carbocycles. The van der Waals surface area contributed by atoms with E-state index in [1.165, 1.54) is 0 Å². The summed E-state index contributed by atoms with van der Waals surface area (Å²) in [5, 5.41) is 8.07. The highest BCUT2D eigenvalue weighted by atomic mass is 31.1. The van der Waals surface area contributed by atoms with E-state index in [0.717, 1.165) is 6.16 Å². The summed E-state index contributed by atoms with van der Waals surface area (Å²) in [4.78, 5) is 0. The molecule has 0 aliphatic carbocycles. The Morgan fingerprint density at radius 1 is 2.00 bits per heavy atom. The fraction of sp³-hybridized carbons (Fsp3) is 0.500. The van der Waals surface area contributed by atoms with E-state index in [1.807, 2.05) is 6.92 Å². The van der Waals surface area contributed by atoms with Gasteiger partial charge in [0.1, 0.15) is 0 Å². The van der Waals surface area contributed by atoms with Crippen LogP contribution in [0.5, 0.6) is 0 Å². The molecule has 0 heterocycles. The summed E-state index contributed by atoms with van der Waals surface area (Å²) in [6, 6.07) is 0. The third kappa shape index (κ3) is 2.05. The lowest BCUT2D eigenvalue weighted by atomic mass is 11.0. The second kappa shape index (κ2) is 3.00. The molecule has 0 aromatic carbocycles. The summed E-state index contributed by atoms with van der Waals surface area (Å²) in [5.74, 6) is 2.11. The molecule has 0 aromatic heterocycles. The smallest absolute Gasteiger partial charge is 0.0823 e. The highest BCUT2D eigenvalue weighted by Crippen LogP contribution is 2.13. The SMILES string of the molecule is C=[PH](C#N)CC. The molecule has 1 unspecified atom stereocenters. The third-order valence-corrected chi connectivity index (χ3v) is 1.75. The van der Waals surface area contributed by atoms with Crippen LogP contribution < -0.4 is 0 Å². The van der Waals surface area contributed by atoms with Crippen molar-refractivity contribution in [3.05, 3.63) is 0 Å². The van der Waals surface area contributed by atoms with Gasteiger partial charge in [-0.15, -0.1) is 0 Å². The second-order valence-corrected chi connectivity index (χ2v) is 3.21. The van der Waals surface area contributed by atoms with E-state index in [0.29, 0.717) is 0 Å². The van der Waals surface area contributed by atoms with E-state index in [9.17, 15) is 0 Å². The predicted octanol–water partition coefficient (Wildman–Crippen LogP) is 1.13. The zero-order chi connectivity index (χ0) is 4.99. The topological polar surface area (TPSA) is 23.8 Å². The van der Waals surface area contributed by atoms with Crippen molar-refractivity contribution < 1.29 is 0 Å². The Morgan fingerprint density at radius 3 is 2.50 bits per heavy atom. The van der Waals surface area contributed by atoms with E-state index >= 15 is 0 Å². The molecule has 0 amide bonds. The van der Waals surface area contributed by atoms with Crippen molar-refractivity contribution in [1.82, 2.24) is 0 Å². The summed E-state index contributed by atoms with van der Waals surface area (Å²) in [6.45, 7) is 1.99. The average Bonchev–Trinajstić information content (AvgIpc) is 1.65. The zero-order valence-electron chi connectivity index (χ0n) is 3.86. The summed E-state index contributed by atoms with van der Waals surface area (Å²) >= 11 is 0. The van der Waals surface area contributed by atoms with Crippen LogP contribution in [0.2, 0.25) is 0 Å². The molecule has 0 aromatic rings. The van der Waals surface area contributed by atoms with Gasteiger partial charge in [0.25, 0.3) is 0 Å². The normalized spacial score (nSPS) is 12.7. The van der Waals surface area contributed by atoms with Gasteiger partial charge in [0.2, 0.25) is 0 Å². The van der Waals surface area contributed by atoms with Crippen LogP contribution in [0, 0.1) is 11.1 Å². The quantitative estimate of drug-likeness (QED) is 0.454. The van der Waals surface area contributed by atoms with Crippen molar-refractivity contribution in [2.24, 2.45) is 0 Å². The molecule has 6 heavy (non-hydrogen) atoms. The van der Waals surface area contributed by atoms with Crippen molar-refractivity contribution in [3.8, 4) is 5.81 Å². The lowest BCUT2D eigenvalue weighted by Gasteiger charge is -1.78. The molecule has 1 nitrogen and oxygen atoms in total. The Morgan fingerprint density at radius 2 is 2.50 bits per heavy atom. The zero-order valence-corrected chi connectivity index (χ0v) is 4.86. The minimum Gasteiger partial charge on any atom is -0.194 e.